The number of nitrogens with zero attached hydrogens (tertiary/aromatic N) is 1. The second kappa shape index (κ2) is 10.1. The number of carbonyl (C=O) groups is 1. The van der Waals surface area contributed by atoms with Gasteiger partial charge in [-0.05, 0) is 57.1 Å². The molecule has 5 rings (SSSR count). The number of phenolic OH excluding ortho intramolecular Hbond substituents is 1. The molecule has 0 saturated carbocycles. The van der Waals surface area contributed by atoms with Crippen LogP contribution in [-0.2, 0) is 16.1 Å². The van der Waals surface area contributed by atoms with Gasteiger partial charge in [-0.3, -0.25) is 9.69 Å². The van der Waals surface area contributed by atoms with Gasteiger partial charge in [-0.2, -0.15) is 0 Å². The molecule has 0 spiro atoms. The van der Waals surface area contributed by atoms with Crippen LogP contribution in [0.3, 0.4) is 0 Å². The summed E-state index contributed by atoms with van der Waals surface area (Å²) in [5, 5.41) is 11.8. The van der Waals surface area contributed by atoms with Gasteiger partial charge in [-0.1, -0.05) is 12.1 Å². The molecule has 1 saturated heterocycles. The van der Waals surface area contributed by atoms with Crippen LogP contribution in [0, 0.1) is 5.92 Å². The van der Waals surface area contributed by atoms with Gasteiger partial charge in [0.25, 0.3) is 0 Å². The molecule has 2 aromatic heterocycles. The number of piperidine rings is 1. The molecule has 9 heteroatoms. The van der Waals surface area contributed by atoms with E-state index in [1.54, 1.807) is 37.3 Å². The Morgan fingerprint density at radius 1 is 1.05 bits per heavy atom. The fraction of sp³-hybridized carbons (Fsp3) is 0.321. The zero-order chi connectivity index (χ0) is 26.1. The Hall–Kier alpha value is -4.11. The third-order valence-electron chi connectivity index (χ3n) is 6.81. The first-order valence-corrected chi connectivity index (χ1v) is 12.2. The summed E-state index contributed by atoms with van der Waals surface area (Å²) in [7, 11) is 1.49. The van der Waals surface area contributed by atoms with E-state index in [4.69, 9.17) is 18.3 Å². The number of methoxy groups -OCH3 is 1. The van der Waals surface area contributed by atoms with Crippen LogP contribution in [0.15, 0.2) is 60.9 Å². The van der Waals surface area contributed by atoms with Crippen LogP contribution in [0.5, 0.6) is 11.5 Å². The van der Waals surface area contributed by atoms with E-state index >= 15 is 0 Å². The summed E-state index contributed by atoms with van der Waals surface area (Å²) in [6.07, 6.45) is 1.28. The molecule has 4 aromatic rings. The van der Waals surface area contributed by atoms with E-state index in [2.05, 4.69) is 4.90 Å². The van der Waals surface area contributed by atoms with E-state index in [9.17, 15) is 19.5 Å². The first-order valence-electron chi connectivity index (χ1n) is 12.2. The van der Waals surface area contributed by atoms with Crippen molar-refractivity contribution in [2.45, 2.75) is 26.3 Å². The van der Waals surface area contributed by atoms with E-state index in [0.29, 0.717) is 72.3 Å². The average molecular weight is 506 g/mol. The van der Waals surface area contributed by atoms with Crippen molar-refractivity contribution in [3.05, 3.63) is 68.9 Å². The summed E-state index contributed by atoms with van der Waals surface area (Å²) in [5.74, 6) is 0.0818. The number of para-hydroxylation sites is 1. The molecule has 0 amide bonds. The zero-order valence-electron chi connectivity index (χ0n) is 20.6. The Bertz CT molecular complexity index is 1590. The smallest absolute Gasteiger partial charge is 0.344 e. The number of hydrogen-bond acceptors (Lipinski definition) is 9. The molecule has 1 aliphatic heterocycles. The lowest BCUT2D eigenvalue weighted by Gasteiger charge is -2.31. The number of carbonyl (C=O) groups excluding carboxylic acids is 1. The number of hydrogen-bond donors (Lipinski definition) is 1. The Kier molecular flexibility index (Phi) is 6.71. The molecule has 37 heavy (non-hydrogen) atoms. The van der Waals surface area contributed by atoms with Gasteiger partial charge in [-0.15, -0.1) is 0 Å². The maximum Gasteiger partial charge on any atom is 0.344 e. The summed E-state index contributed by atoms with van der Waals surface area (Å²) in [6.45, 7) is 3.71. The van der Waals surface area contributed by atoms with Crippen molar-refractivity contribution in [3.8, 4) is 22.6 Å². The van der Waals surface area contributed by atoms with Crippen LogP contribution in [0.25, 0.3) is 33.1 Å². The van der Waals surface area contributed by atoms with Crippen molar-refractivity contribution in [3.63, 3.8) is 0 Å². The largest absolute Gasteiger partial charge is 0.507 e. The maximum atomic E-state index is 13.0. The molecule has 0 atom stereocenters. The zero-order valence-corrected chi connectivity index (χ0v) is 20.6. The van der Waals surface area contributed by atoms with Crippen molar-refractivity contribution < 1.29 is 28.2 Å². The van der Waals surface area contributed by atoms with Crippen LogP contribution < -0.4 is 16.0 Å². The minimum Gasteiger partial charge on any atom is -0.507 e. The first-order chi connectivity index (χ1) is 17.9. The van der Waals surface area contributed by atoms with E-state index in [1.807, 2.05) is 0 Å². The van der Waals surface area contributed by atoms with Crippen molar-refractivity contribution in [2.24, 2.45) is 5.92 Å². The highest BCUT2D eigenvalue weighted by Gasteiger charge is 2.27. The molecule has 3 heterocycles. The molecule has 1 aliphatic rings. The van der Waals surface area contributed by atoms with Crippen molar-refractivity contribution in [1.82, 2.24) is 4.90 Å². The highest BCUT2D eigenvalue weighted by molar-refractivity contribution is 5.97. The lowest BCUT2D eigenvalue weighted by molar-refractivity contribution is -0.149. The van der Waals surface area contributed by atoms with Crippen LogP contribution in [0.2, 0.25) is 0 Å². The van der Waals surface area contributed by atoms with Crippen molar-refractivity contribution >= 4 is 27.9 Å². The van der Waals surface area contributed by atoms with Crippen molar-refractivity contribution in [2.75, 3.05) is 26.8 Å². The Labute approximate surface area is 211 Å². The Morgan fingerprint density at radius 2 is 1.84 bits per heavy atom. The molecule has 1 fully saturated rings. The van der Waals surface area contributed by atoms with Gasteiger partial charge in [0.05, 0.1) is 30.8 Å². The summed E-state index contributed by atoms with van der Waals surface area (Å²) < 4.78 is 21.6. The summed E-state index contributed by atoms with van der Waals surface area (Å²) in [4.78, 5) is 39.8. The Balaban J connectivity index is 1.54. The van der Waals surface area contributed by atoms with Crippen LogP contribution >= 0.6 is 0 Å². The van der Waals surface area contributed by atoms with E-state index in [0.717, 1.165) is 0 Å². The second-order valence-corrected chi connectivity index (χ2v) is 9.05. The van der Waals surface area contributed by atoms with Gasteiger partial charge < -0.3 is 23.4 Å². The number of ether oxygens (including phenoxy) is 2. The number of phenols is 1. The predicted octanol–water partition coefficient (Wildman–Crippen LogP) is 4.06. The molecule has 0 radical (unpaired) electrons. The quantitative estimate of drug-likeness (QED) is 0.306. The third kappa shape index (κ3) is 4.70. The molecule has 0 bridgehead atoms. The van der Waals surface area contributed by atoms with Gasteiger partial charge in [-0.25, -0.2) is 9.59 Å². The highest BCUT2D eigenvalue weighted by Crippen LogP contribution is 2.35. The lowest BCUT2D eigenvalue weighted by Crippen LogP contribution is -2.36. The summed E-state index contributed by atoms with van der Waals surface area (Å²) in [6, 6.07) is 11.3. The van der Waals surface area contributed by atoms with Gasteiger partial charge in [0.15, 0.2) is 11.3 Å². The number of rotatable bonds is 6. The standard InChI is InChI=1S/C28H27NO8/c1-3-35-27(32)16-9-11-29(12-10-16)15-21-22(30)8-7-18-19(14-24(31)36-26(18)21)20-13-17-5-4-6-23(34-2)25(17)37-28(20)33/h4-8,13-14,16,30H,3,9-12,15H2,1-2H3. The number of aromatic hydroxyl groups is 1. The number of fused-ring (bicyclic) bond motifs is 2. The van der Waals surface area contributed by atoms with E-state index in [-0.39, 0.29) is 28.8 Å². The summed E-state index contributed by atoms with van der Waals surface area (Å²) in [5.41, 5.74) is 0.242. The number of benzene rings is 2. The molecular weight excluding hydrogens is 478 g/mol. The molecule has 0 unspecified atom stereocenters. The van der Waals surface area contributed by atoms with Gasteiger partial charge in [0.1, 0.15) is 11.3 Å². The minimum atomic E-state index is -0.652. The van der Waals surface area contributed by atoms with Crippen LogP contribution in [0.1, 0.15) is 25.3 Å². The van der Waals surface area contributed by atoms with E-state index in [1.165, 1.54) is 19.2 Å². The minimum absolute atomic E-state index is 0.0180. The summed E-state index contributed by atoms with van der Waals surface area (Å²) >= 11 is 0. The van der Waals surface area contributed by atoms with Gasteiger partial charge in [0, 0.05) is 28.9 Å². The van der Waals surface area contributed by atoms with Gasteiger partial charge in [0.2, 0.25) is 0 Å². The van der Waals surface area contributed by atoms with Gasteiger partial charge >= 0.3 is 17.2 Å². The normalized spacial score (nSPS) is 14.8. The molecular formula is C28H27NO8. The van der Waals surface area contributed by atoms with Crippen LogP contribution in [0.4, 0.5) is 0 Å². The lowest BCUT2D eigenvalue weighted by atomic mass is 9.96. The molecule has 1 N–H and O–H groups in total. The number of esters is 1. The van der Waals surface area contributed by atoms with E-state index < -0.39 is 11.3 Å². The molecule has 2 aromatic carbocycles. The third-order valence-corrected chi connectivity index (χ3v) is 6.81. The molecule has 192 valence electrons. The van der Waals surface area contributed by atoms with Crippen LogP contribution in [-0.4, -0.2) is 42.8 Å². The number of likely N-dealkylation sites (tertiary alicyclic amines) is 1. The Morgan fingerprint density at radius 3 is 2.57 bits per heavy atom. The topological polar surface area (TPSA) is 119 Å². The second-order valence-electron chi connectivity index (χ2n) is 9.05. The average Bonchev–Trinajstić information content (AvgIpc) is 2.89. The fourth-order valence-corrected chi connectivity index (χ4v) is 4.92. The predicted molar refractivity (Wildman–Crippen MR) is 137 cm³/mol. The SMILES string of the molecule is CCOC(=O)C1CCN(Cc2c(O)ccc3c(-c4cc5cccc(OC)c5oc4=O)cc(=O)oc23)CC1. The molecule has 9 nitrogen and oxygen atoms in total. The fourth-order valence-electron chi connectivity index (χ4n) is 4.92. The van der Waals surface area contributed by atoms with Crippen molar-refractivity contribution in [1.29, 1.82) is 0 Å². The first kappa shape index (κ1) is 24.6. The highest BCUT2D eigenvalue weighted by atomic mass is 16.5. The monoisotopic (exact) mass is 505 g/mol. The molecule has 0 aliphatic carbocycles. The maximum absolute atomic E-state index is 13.0.